The molecule has 0 saturated heterocycles. The monoisotopic (exact) mass is 349 g/mol. The summed E-state index contributed by atoms with van der Waals surface area (Å²) in [7, 11) is 0. The number of benzene rings is 1. The van der Waals surface area contributed by atoms with Crippen molar-refractivity contribution in [2.75, 3.05) is 0 Å². The largest absolute Gasteiger partial charge is 0.319 e. The molecule has 1 aromatic carbocycles. The molecule has 0 aliphatic heterocycles. The van der Waals surface area contributed by atoms with Crippen LogP contribution in [-0.4, -0.2) is 9.59 Å². The van der Waals surface area contributed by atoms with Crippen LogP contribution in [0.2, 0.25) is 5.02 Å². The molecular weight excluding hydrogens is 341 g/mol. The molecule has 0 aliphatic carbocycles. The number of hydrogen-bond acceptors (Lipinski definition) is 4. The molecule has 2 rings (SSSR count). The Hall–Kier alpha value is -0.560. The summed E-state index contributed by atoms with van der Waals surface area (Å²) in [6.45, 7) is 1.96. The molecule has 0 fully saturated rings. The van der Waals surface area contributed by atoms with E-state index < -0.39 is 11.9 Å². The summed E-state index contributed by atoms with van der Waals surface area (Å²) >= 11 is 10.2. The molecule has 1 heterocycles. The summed E-state index contributed by atoms with van der Waals surface area (Å²) in [5.41, 5.74) is 7.22. The maximum Gasteiger partial charge on any atom is 0.148 e. The van der Waals surface area contributed by atoms with E-state index in [1.807, 2.05) is 6.92 Å². The maximum atomic E-state index is 14.1. The van der Waals surface area contributed by atoms with Crippen molar-refractivity contribution in [3.05, 3.63) is 43.6 Å². The number of hydrogen-bond donors (Lipinski definition) is 1. The van der Waals surface area contributed by atoms with Crippen LogP contribution in [0.1, 0.15) is 29.1 Å². The number of rotatable bonds is 3. The van der Waals surface area contributed by atoms with Gasteiger partial charge in [-0.2, -0.15) is 0 Å². The Morgan fingerprint density at radius 1 is 1.56 bits per heavy atom. The topological polar surface area (TPSA) is 51.8 Å². The van der Waals surface area contributed by atoms with Gasteiger partial charge >= 0.3 is 0 Å². The molecule has 1 unspecified atom stereocenters. The molecule has 18 heavy (non-hydrogen) atoms. The molecule has 7 heteroatoms. The van der Waals surface area contributed by atoms with Crippen molar-refractivity contribution in [1.29, 1.82) is 0 Å². The van der Waals surface area contributed by atoms with Gasteiger partial charge in [0.1, 0.15) is 5.82 Å². The van der Waals surface area contributed by atoms with Crippen LogP contribution in [0.15, 0.2) is 16.6 Å². The van der Waals surface area contributed by atoms with Gasteiger partial charge in [-0.15, -0.1) is 5.10 Å². The third kappa shape index (κ3) is 2.42. The lowest BCUT2D eigenvalue weighted by atomic mass is 10.0. The molecule has 96 valence electrons. The number of nitrogens with two attached hydrogens (primary N) is 1. The second kappa shape index (κ2) is 5.61. The van der Waals surface area contributed by atoms with Crippen LogP contribution in [0.25, 0.3) is 0 Å². The second-order valence-electron chi connectivity index (χ2n) is 3.68. The highest BCUT2D eigenvalue weighted by atomic mass is 79.9. The van der Waals surface area contributed by atoms with Crippen molar-refractivity contribution in [3.8, 4) is 0 Å². The number of aromatic nitrogens is 2. The van der Waals surface area contributed by atoms with Crippen LogP contribution in [0.5, 0.6) is 0 Å². The number of nitrogens with zero attached hydrogens (tertiary/aromatic N) is 2. The molecule has 0 amide bonds. The fourth-order valence-electron chi connectivity index (χ4n) is 1.62. The predicted octanol–water partition coefficient (Wildman–Crippen LogP) is 3.70. The van der Waals surface area contributed by atoms with Crippen molar-refractivity contribution < 1.29 is 4.39 Å². The Morgan fingerprint density at radius 2 is 2.28 bits per heavy atom. The second-order valence-corrected chi connectivity index (χ2v) is 5.70. The fraction of sp³-hybridized carbons (Fsp3) is 0.273. The van der Waals surface area contributed by atoms with Gasteiger partial charge in [-0.1, -0.05) is 29.1 Å². The van der Waals surface area contributed by atoms with Gasteiger partial charge in [-0.05, 0) is 39.9 Å². The highest BCUT2D eigenvalue weighted by molar-refractivity contribution is 9.10. The molecule has 0 radical (unpaired) electrons. The van der Waals surface area contributed by atoms with Crippen LogP contribution in [0, 0.1) is 5.82 Å². The third-order valence-corrected chi connectivity index (χ3v) is 4.71. The minimum atomic E-state index is -0.592. The van der Waals surface area contributed by atoms with Gasteiger partial charge < -0.3 is 5.73 Å². The Labute approximate surface area is 121 Å². The first-order valence-corrected chi connectivity index (χ1v) is 7.20. The van der Waals surface area contributed by atoms with Gasteiger partial charge in [0, 0.05) is 10.0 Å². The molecule has 2 N–H and O–H groups in total. The van der Waals surface area contributed by atoms with Gasteiger partial charge in [0.15, 0.2) is 0 Å². The van der Waals surface area contributed by atoms with Crippen molar-refractivity contribution in [3.63, 3.8) is 0 Å². The van der Waals surface area contributed by atoms with E-state index >= 15 is 0 Å². The summed E-state index contributed by atoms with van der Waals surface area (Å²) in [5.74, 6) is -0.506. The summed E-state index contributed by atoms with van der Waals surface area (Å²) in [4.78, 5) is 0.773. The van der Waals surface area contributed by atoms with E-state index in [0.717, 1.165) is 10.6 Å². The predicted molar refractivity (Wildman–Crippen MR) is 74.4 cm³/mol. The summed E-state index contributed by atoms with van der Waals surface area (Å²) < 4.78 is 18.4. The Kier molecular flexibility index (Phi) is 4.32. The van der Waals surface area contributed by atoms with Crippen molar-refractivity contribution in [1.82, 2.24) is 9.59 Å². The van der Waals surface area contributed by atoms with E-state index in [9.17, 15) is 4.39 Å². The normalized spacial score (nSPS) is 12.7. The lowest BCUT2D eigenvalue weighted by Gasteiger charge is -2.13. The standard InChI is InChI=1S/C11H10BrClFN3S/c1-2-7-11(18-17-16-7)10(15)5-3-4-6(12)8(13)9(5)14/h3-4,10H,2,15H2,1H3. The molecule has 1 aromatic heterocycles. The quantitative estimate of drug-likeness (QED) is 0.859. The maximum absolute atomic E-state index is 14.1. The molecule has 0 saturated carbocycles. The van der Waals surface area contributed by atoms with Crippen molar-refractivity contribution >= 4 is 39.1 Å². The first-order chi connectivity index (χ1) is 8.56. The summed E-state index contributed by atoms with van der Waals surface area (Å²) in [5, 5.41) is 4.01. The van der Waals surface area contributed by atoms with Gasteiger partial charge in [0.05, 0.1) is 21.6 Å². The molecule has 0 aliphatic rings. The Balaban J connectivity index is 2.46. The zero-order valence-corrected chi connectivity index (χ0v) is 12.6. The van der Waals surface area contributed by atoms with E-state index in [1.54, 1.807) is 12.1 Å². The lowest BCUT2D eigenvalue weighted by molar-refractivity contribution is 0.599. The Morgan fingerprint density at radius 3 is 2.94 bits per heavy atom. The van der Waals surface area contributed by atoms with Gasteiger partial charge in [-0.25, -0.2) is 4.39 Å². The lowest BCUT2D eigenvalue weighted by Crippen LogP contribution is -2.14. The molecular formula is C11H10BrClFN3S. The minimum absolute atomic E-state index is 0.0403. The van der Waals surface area contributed by atoms with E-state index in [4.69, 9.17) is 17.3 Å². The average Bonchev–Trinajstić information content (AvgIpc) is 2.83. The van der Waals surface area contributed by atoms with Crippen LogP contribution in [0.3, 0.4) is 0 Å². The molecule has 0 spiro atoms. The van der Waals surface area contributed by atoms with E-state index in [-0.39, 0.29) is 5.02 Å². The highest BCUT2D eigenvalue weighted by Gasteiger charge is 2.21. The van der Waals surface area contributed by atoms with Crippen LogP contribution >= 0.6 is 39.1 Å². The fourth-order valence-corrected chi connectivity index (χ4v) is 2.86. The first-order valence-electron chi connectivity index (χ1n) is 5.26. The SMILES string of the molecule is CCc1nnsc1C(N)c1ccc(Br)c(Cl)c1F. The summed E-state index contributed by atoms with van der Waals surface area (Å²) in [6.07, 6.45) is 0.714. The van der Waals surface area contributed by atoms with E-state index in [0.29, 0.717) is 16.5 Å². The zero-order valence-electron chi connectivity index (χ0n) is 9.45. The number of aryl methyl sites for hydroxylation is 1. The molecule has 2 aromatic rings. The van der Waals surface area contributed by atoms with Gasteiger partial charge in [0.25, 0.3) is 0 Å². The summed E-state index contributed by atoms with van der Waals surface area (Å²) in [6, 6.07) is 2.71. The number of halogens is 3. The van der Waals surface area contributed by atoms with Crippen LogP contribution in [0.4, 0.5) is 4.39 Å². The zero-order chi connectivity index (χ0) is 13.3. The van der Waals surface area contributed by atoms with Crippen molar-refractivity contribution in [2.24, 2.45) is 5.73 Å². The van der Waals surface area contributed by atoms with Gasteiger partial charge in [0.2, 0.25) is 0 Å². The van der Waals surface area contributed by atoms with Crippen LogP contribution in [-0.2, 0) is 6.42 Å². The van der Waals surface area contributed by atoms with Crippen LogP contribution < -0.4 is 5.73 Å². The first kappa shape index (κ1) is 13.9. The van der Waals surface area contributed by atoms with Crippen molar-refractivity contribution in [2.45, 2.75) is 19.4 Å². The Bertz CT molecular complexity index is 575. The minimum Gasteiger partial charge on any atom is -0.319 e. The van der Waals surface area contributed by atoms with E-state index in [1.165, 1.54) is 11.5 Å². The van der Waals surface area contributed by atoms with Gasteiger partial charge in [-0.3, -0.25) is 0 Å². The molecule has 0 bridgehead atoms. The molecule has 1 atom stereocenters. The smallest absolute Gasteiger partial charge is 0.148 e. The third-order valence-electron chi connectivity index (χ3n) is 2.60. The average molecular weight is 351 g/mol. The highest BCUT2D eigenvalue weighted by Crippen LogP contribution is 2.33. The van der Waals surface area contributed by atoms with E-state index in [2.05, 4.69) is 25.5 Å². The molecule has 3 nitrogen and oxygen atoms in total.